The van der Waals surface area contributed by atoms with Crippen molar-refractivity contribution in [3.8, 4) is 0 Å². The van der Waals surface area contributed by atoms with Gasteiger partial charge in [0.15, 0.2) is 44.2 Å². The van der Waals surface area contributed by atoms with Crippen molar-refractivity contribution in [3.63, 3.8) is 0 Å². The SMILES string of the molecule is C[n+]1ccccc1.C[n+]1ccccc1.C[n+]1ccccn1.C[n+]1cccnc1.C[n+]1cccnn1.C[n+]1cncnc1. The van der Waals surface area contributed by atoms with Gasteiger partial charge in [-0.3, -0.25) is 0 Å². The van der Waals surface area contributed by atoms with Crippen LogP contribution in [0.15, 0.2) is 148 Å². The molecule has 6 aromatic rings. The molecule has 0 amide bonds. The minimum Gasteiger partial charge on any atom is -0.243 e. The average Bonchev–Trinajstić information content (AvgIpc) is 3.01. The molecule has 0 aliphatic carbocycles. The van der Waals surface area contributed by atoms with Crippen LogP contribution >= 0.6 is 0 Å². The van der Waals surface area contributed by atoms with Crippen molar-refractivity contribution in [3.05, 3.63) is 148 Å². The van der Waals surface area contributed by atoms with E-state index in [0.717, 1.165) is 0 Å². The summed E-state index contributed by atoms with van der Waals surface area (Å²) < 4.78 is 11.1. The van der Waals surface area contributed by atoms with Crippen molar-refractivity contribution in [1.82, 2.24) is 30.4 Å². The predicted molar refractivity (Wildman–Crippen MR) is 152 cm³/mol. The normalized spacial score (nSPS) is 8.71. The third kappa shape index (κ3) is 21.4. The van der Waals surface area contributed by atoms with Crippen LogP contribution < -0.4 is 27.6 Å². The Labute approximate surface area is 248 Å². The Balaban J connectivity index is 0.000000252. The van der Waals surface area contributed by atoms with Gasteiger partial charge in [-0.15, -0.1) is 4.68 Å². The molecule has 6 heterocycles. The number of aryl methyl sites for hydroxylation is 6. The minimum atomic E-state index is 1.50. The molecule has 0 atom stereocenters. The Kier molecular flexibility index (Phi) is 19.2. The van der Waals surface area contributed by atoms with Gasteiger partial charge in [0.05, 0.1) is 31.6 Å². The lowest BCUT2D eigenvalue weighted by molar-refractivity contribution is -0.736. The minimum absolute atomic E-state index is 1.50. The van der Waals surface area contributed by atoms with Crippen molar-refractivity contribution in [1.29, 1.82) is 0 Å². The molecular weight excluding hydrogens is 528 g/mol. The molecule has 0 aliphatic rings. The lowest BCUT2D eigenvalue weighted by Crippen LogP contribution is -2.32. The van der Waals surface area contributed by atoms with Crippen molar-refractivity contribution in [2.45, 2.75) is 0 Å². The van der Waals surface area contributed by atoms with E-state index >= 15 is 0 Å². The molecule has 216 valence electrons. The largest absolute Gasteiger partial charge is 0.285 e. The zero-order valence-electron chi connectivity index (χ0n) is 25.2. The highest BCUT2D eigenvalue weighted by molar-refractivity contribution is 4.83. The summed E-state index contributed by atoms with van der Waals surface area (Å²) in [4.78, 5) is 11.3. The molecular formula is C30H42N12+6. The summed E-state index contributed by atoms with van der Waals surface area (Å²) in [6.45, 7) is 0. The zero-order chi connectivity index (χ0) is 30.7. The lowest BCUT2D eigenvalue weighted by Gasteiger charge is -1.78. The monoisotopic (exact) mass is 570 g/mol. The predicted octanol–water partition coefficient (Wildman–Crippen LogP) is -0.563. The van der Waals surface area contributed by atoms with Crippen molar-refractivity contribution in [2.75, 3.05) is 0 Å². The average molecular weight is 571 g/mol. The number of hydrogen-bond donors (Lipinski definition) is 0. The first-order valence-electron chi connectivity index (χ1n) is 12.9. The van der Waals surface area contributed by atoms with Crippen LogP contribution in [-0.4, -0.2) is 30.4 Å². The van der Waals surface area contributed by atoms with E-state index in [2.05, 4.69) is 30.4 Å². The van der Waals surface area contributed by atoms with E-state index in [4.69, 9.17) is 0 Å². The second-order valence-corrected chi connectivity index (χ2v) is 8.45. The topological polar surface area (TPSA) is 101 Å². The molecule has 0 aliphatic heterocycles. The van der Waals surface area contributed by atoms with Gasteiger partial charge in [0.1, 0.15) is 38.8 Å². The molecule has 0 bridgehead atoms. The van der Waals surface area contributed by atoms with Gasteiger partial charge in [-0.25, -0.2) is 18.3 Å². The summed E-state index contributed by atoms with van der Waals surface area (Å²) >= 11 is 0. The smallest absolute Gasteiger partial charge is 0.243 e. The quantitative estimate of drug-likeness (QED) is 0.227. The van der Waals surface area contributed by atoms with E-state index in [0.29, 0.717) is 0 Å². The molecule has 0 spiro atoms. The Hall–Kier alpha value is -5.52. The van der Waals surface area contributed by atoms with Gasteiger partial charge in [0, 0.05) is 42.5 Å². The van der Waals surface area contributed by atoms with Crippen LogP contribution in [0.25, 0.3) is 0 Å². The second-order valence-electron chi connectivity index (χ2n) is 8.45. The molecule has 0 radical (unpaired) electrons. The summed E-state index contributed by atoms with van der Waals surface area (Å²) in [5.74, 6) is 0. The van der Waals surface area contributed by atoms with Gasteiger partial charge in [-0.05, 0) is 11.2 Å². The fourth-order valence-electron chi connectivity index (χ4n) is 2.46. The van der Waals surface area contributed by atoms with Crippen molar-refractivity contribution in [2.24, 2.45) is 42.3 Å². The van der Waals surface area contributed by atoms with Gasteiger partial charge >= 0.3 is 0 Å². The van der Waals surface area contributed by atoms with Crippen LogP contribution in [0.4, 0.5) is 0 Å². The van der Waals surface area contributed by atoms with E-state index in [1.807, 2.05) is 160 Å². The van der Waals surface area contributed by atoms with Gasteiger partial charge in [0.25, 0.3) is 12.7 Å². The molecule has 0 N–H and O–H groups in total. The first-order chi connectivity index (χ1) is 20.4. The molecule has 0 aromatic carbocycles. The summed E-state index contributed by atoms with van der Waals surface area (Å²) in [5.41, 5.74) is 0. The Bertz CT molecular complexity index is 1110. The fraction of sp³-hybridized carbons (Fsp3) is 0.200. The standard InChI is InChI=1S/2C6H8N.2C5H7N2.2C4H6N3/c2*1-7-5-3-2-4-6-7;1-7-4-2-3-6-5-7;1-7-5-3-2-4-6-7;1-7-3-5-2-6-4-7;1-7-4-2-3-5-6-7/h2*2-6H,1H3;2*2-5H,1H3;2*2-4H,1H3/q6*+1. The third-order valence-corrected chi connectivity index (χ3v) is 4.50. The summed E-state index contributed by atoms with van der Waals surface area (Å²) in [6.07, 6.45) is 25.4. The van der Waals surface area contributed by atoms with E-state index < -0.39 is 0 Å². The molecule has 0 unspecified atom stereocenters. The highest BCUT2D eigenvalue weighted by Crippen LogP contribution is 1.72. The first-order valence-corrected chi connectivity index (χ1v) is 12.9. The zero-order valence-corrected chi connectivity index (χ0v) is 25.2. The van der Waals surface area contributed by atoms with E-state index in [-0.39, 0.29) is 0 Å². The number of aromatic nitrogens is 12. The maximum Gasteiger partial charge on any atom is 0.285 e. The number of rotatable bonds is 0. The maximum absolute atomic E-state index is 3.90. The van der Waals surface area contributed by atoms with Crippen LogP contribution in [0, 0.1) is 0 Å². The molecule has 0 saturated carbocycles. The lowest BCUT2D eigenvalue weighted by atomic mass is 10.5. The Morgan fingerprint density at radius 2 is 0.881 bits per heavy atom. The molecule has 12 heteroatoms. The second kappa shape index (κ2) is 23.4. The highest BCUT2D eigenvalue weighted by atomic mass is 15.4. The number of nitrogens with zero attached hydrogens (tertiary/aromatic N) is 12. The van der Waals surface area contributed by atoms with E-state index in [1.54, 1.807) is 51.5 Å². The molecule has 0 fully saturated rings. The Morgan fingerprint density at radius 1 is 0.381 bits per heavy atom. The molecule has 42 heavy (non-hydrogen) atoms. The van der Waals surface area contributed by atoms with Crippen LogP contribution in [0.1, 0.15) is 0 Å². The molecule has 0 saturated heterocycles. The highest BCUT2D eigenvalue weighted by Gasteiger charge is 1.83. The van der Waals surface area contributed by atoms with Crippen LogP contribution in [-0.2, 0) is 42.3 Å². The van der Waals surface area contributed by atoms with Gasteiger partial charge < -0.3 is 0 Å². The van der Waals surface area contributed by atoms with Gasteiger partial charge in [0.2, 0.25) is 12.7 Å². The number of hydrogen-bond acceptors (Lipinski definition) is 6. The van der Waals surface area contributed by atoms with Gasteiger partial charge in [-0.1, -0.05) is 31.8 Å². The van der Waals surface area contributed by atoms with Crippen LogP contribution in [0.2, 0.25) is 0 Å². The summed E-state index contributed by atoms with van der Waals surface area (Å²) in [6, 6.07) is 19.5. The Morgan fingerprint density at radius 3 is 1.12 bits per heavy atom. The number of pyridine rings is 2. The molecule has 6 rings (SSSR count). The van der Waals surface area contributed by atoms with E-state index in [9.17, 15) is 0 Å². The van der Waals surface area contributed by atoms with E-state index in [1.165, 1.54) is 6.33 Å². The van der Waals surface area contributed by atoms with Crippen molar-refractivity contribution >= 4 is 0 Å². The van der Waals surface area contributed by atoms with Crippen LogP contribution in [0.3, 0.4) is 0 Å². The third-order valence-electron chi connectivity index (χ3n) is 4.50. The molecule has 12 nitrogen and oxygen atoms in total. The maximum atomic E-state index is 3.90. The summed E-state index contributed by atoms with van der Waals surface area (Å²) in [5, 5.41) is 11.1. The summed E-state index contributed by atoms with van der Waals surface area (Å²) in [7, 11) is 11.5. The van der Waals surface area contributed by atoms with Crippen molar-refractivity contribution < 1.29 is 27.6 Å². The van der Waals surface area contributed by atoms with Crippen LogP contribution in [0.5, 0.6) is 0 Å². The first kappa shape index (κ1) is 34.5. The molecule has 6 aromatic heterocycles. The van der Waals surface area contributed by atoms with Gasteiger partial charge in [-0.2, -0.15) is 0 Å². The fourth-order valence-corrected chi connectivity index (χ4v) is 2.46.